The third kappa shape index (κ3) is 3.86. The van der Waals surface area contributed by atoms with Crippen molar-refractivity contribution in [3.05, 3.63) is 52.5 Å². The summed E-state index contributed by atoms with van der Waals surface area (Å²) in [4.78, 5) is 30.9. The molecule has 180 valence electrons. The maximum Gasteiger partial charge on any atom is 0.275 e. The van der Waals surface area contributed by atoms with Crippen LogP contribution in [0.25, 0.3) is 10.2 Å². The van der Waals surface area contributed by atoms with Crippen LogP contribution in [0.4, 0.5) is 5.69 Å². The van der Waals surface area contributed by atoms with Crippen molar-refractivity contribution in [2.24, 2.45) is 0 Å². The van der Waals surface area contributed by atoms with Crippen LogP contribution in [0.1, 0.15) is 86.6 Å². The molecular weight excluding hydrogens is 442 g/mol. The average molecular weight is 478 g/mol. The van der Waals surface area contributed by atoms with Gasteiger partial charge in [-0.25, -0.2) is 0 Å². The van der Waals surface area contributed by atoms with E-state index in [4.69, 9.17) is 0 Å². The van der Waals surface area contributed by atoms with Gasteiger partial charge in [0.15, 0.2) is 0 Å². The predicted molar refractivity (Wildman–Crippen MR) is 140 cm³/mol. The zero-order valence-corrected chi connectivity index (χ0v) is 21.5. The summed E-state index contributed by atoms with van der Waals surface area (Å²) < 4.78 is 3.19. The summed E-state index contributed by atoms with van der Waals surface area (Å²) in [6, 6.07) is 12.5. The summed E-state index contributed by atoms with van der Waals surface area (Å²) >= 11 is 1.74. The molecule has 34 heavy (non-hydrogen) atoms. The Morgan fingerprint density at radius 2 is 1.85 bits per heavy atom. The first kappa shape index (κ1) is 23.2. The molecule has 6 heteroatoms. The Hall–Kier alpha value is -2.60. The first-order chi connectivity index (χ1) is 16.3. The van der Waals surface area contributed by atoms with E-state index in [1.807, 2.05) is 25.1 Å². The molecule has 0 unspecified atom stereocenters. The number of thiophene rings is 1. The summed E-state index contributed by atoms with van der Waals surface area (Å²) in [6.07, 6.45) is 6.54. The van der Waals surface area contributed by atoms with Crippen molar-refractivity contribution in [1.82, 2.24) is 9.88 Å². The minimum Gasteiger partial charge on any atom is -0.351 e. The van der Waals surface area contributed by atoms with E-state index in [1.165, 1.54) is 16.9 Å². The Kier molecular flexibility index (Phi) is 6.05. The Labute approximate surface area is 206 Å². The Bertz CT molecular complexity index is 1220. The van der Waals surface area contributed by atoms with Crippen LogP contribution in [0.2, 0.25) is 0 Å². The van der Waals surface area contributed by atoms with Crippen molar-refractivity contribution in [1.29, 1.82) is 0 Å². The second-order valence-corrected chi connectivity index (χ2v) is 11.6. The fourth-order valence-electron chi connectivity index (χ4n) is 5.50. The number of rotatable bonds is 5. The van der Waals surface area contributed by atoms with Gasteiger partial charge in [-0.15, -0.1) is 11.3 Å². The quantitative estimate of drug-likeness (QED) is 0.472. The van der Waals surface area contributed by atoms with Gasteiger partial charge in [-0.3, -0.25) is 14.5 Å². The summed E-state index contributed by atoms with van der Waals surface area (Å²) in [5.41, 5.74) is 2.72. The topological polar surface area (TPSA) is 54.3 Å². The lowest BCUT2D eigenvalue weighted by atomic mass is 9.90. The summed E-state index contributed by atoms with van der Waals surface area (Å²) in [5.74, 6) is 0.245. The fourth-order valence-corrected chi connectivity index (χ4v) is 6.55. The second-order valence-electron chi connectivity index (χ2n) is 10.4. The van der Waals surface area contributed by atoms with Gasteiger partial charge < -0.3 is 9.88 Å². The number of hydrogen-bond donors (Lipinski definition) is 1. The first-order valence-corrected chi connectivity index (χ1v) is 13.5. The van der Waals surface area contributed by atoms with Crippen LogP contribution in [0, 0.1) is 0 Å². The average Bonchev–Trinajstić information content (AvgIpc) is 3.38. The van der Waals surface area contributed by atoms with Crippen molar-refractivity contribution in [3.8, 4) is 0 Å². The van der Waals surface area contributed by atoms with Gasteiger partial charge in [0.2, 0.25) is 5.91 Å². The Morgan fingerprint density at radius 1 is 1.15 bits per heavy atom. The molecular formula is C28H35N3O2S. The van der Waals surface area contributed by atoms with Crippen LogP contribution in [0.3, 0.4) is 0 Å². The van der Waals surface area contributed by atoms with E-state index in [1.54, 1.807) is 16.2 Å². The molecule has 3 aromatic rings. The van der Waals surface area contributed by atoms with Crippen LogP contribution in [-0.4, -0.2) is 28.0 Å². The molecule has 2 aromatic heterocycles. The van der Waals surface area contributed by atoms with Gasteiger partial charge in [-0.2, -0.15) is 0 Å². The van der Waals surface area contributed by atoms with Crippen molar-refractivity contribution in [3.63, 3.8) is 0 Å². The molecule has 1 aliphatic heterocycles. The largest absolute Gasteiger partial charge is 0.351 e. The highest BCUT2D eigenvalue weighted by atomic mass is 32.1. The highest BCUT2D eigenvalue weighted by Gasteiger charge is 2.49. The van der Waals surface area contributed by atoms with Gasteiger partial charge in [0, 0.05) is 16.6 Å². The van der Waals surface area contributed by atoms with Gasteiger partial charge >= 0.3 is 0 Å². The van der Waals surface area contributed by atoms with E-state index in [0.717, 1.165) is 48.0 Å². The minimum atomic E-state index is -1.01. The lowest BCUT2D eigenvalue weighted by molar-refractivity contribution is -0.127. The molecule has 0 bridgehead atoms. The standard InChI is InChI=1S/C28H35N3O2S/c1-5-22-15-23-25(34-22)16-24-26(32)31(21-13-11-19(12-14-21)18(2)3)28(4,17-30(23)24)27(33)29-20-9-7-6-8-10-20/h11-16,18,20H,5-10,17H2,1-4H3,(H,29,33)/t28-/m1/s1. The zero-order chi connectivity index (χ0) is 24.0. The smallest absolute Gasteiger partial charge is 0.275 e. The highest BCUT2D eigenvalue weighted by Crippen LogP contribution is 2.39. The van der Waals surface area contributed by atoms with Crippen LogP contribution >= 0.6 is 11.3 Å². The number of carbonyl (C=O) groups is 2. The number of hydrogen-bond acceptors (Lipinski definition) is 3. The molecule has 0 spiro atoms. The molecule has 1 N–H and O–H groups in total. The Morgan fingerprint density at radius 3 is 2.50 bits per heavy atom. The van der Waals surface area contributed by atoms with Gasteiger partial charge in [0.05, 0.1) is 16.8 Å². The number of amides is 2. The molecule has 2 amide bonds. The van der Waals surface area contributed by atoms with E-state index in [-0.39, 0.29) is 17.9 Å². The highest BCUT2D eigenvalue weighted by molar-refractivity contribution is 7.19. The van der Waals surface area contributed by atoms with E-state index < -0.39 is 5.54 Å². The monoisotopic (exact) mass is 477 g/mol. The molecule has 2 aliphatic rings. The van der Waals surface area contributed by atoms with Gasteiger partial charge in [-0.1, -0.05) is 52.2 Å². The number of fused-ring (bicyclic) bond motifs is 3. The van der Waals surface area contributed by atoms with Crippen molar-refractivity contribution in [2.75, 3.05) is 4.90 Å². The van der Waals surface area contributed by atoms with E-state index >= 15 is 0 Å². The van der Waals surface area contributed by atoms with Crippen LogP contribution < -0.4 is 10.2 Å². The van der Waals surface area contributed by atoms with Gasteiger partial charge in [0.1, 0.15) is 11.2 Å². The van der Waals surface area contributed by atoms with Crippen molar-refractivity contribution < 1.29 is 9.59 Å². The second kappa shape index (κ2) is 8.88. The molecule has 1 aliphatic carbocycles. The lowest BCUT2D eigenvalue weighted by Gasteiger charge is -2.44. The lowest BCUT2D eigenvalue weighted by Crippen LogP contribution is -2.65. The third-order valence-corrected chi connectivity index (χ3v) is 8.83. The minimum absolute atomic E-state index is 0.0564. The number of carbonyl (C=O) groups excluding carboxylic acids is 2. The van der Waals surface area contributed by atoms with Crippen molar-refractivity contribution in [2.45, 2.75) is 90.3 Å². The predicted octanol–water partition coefficient (Wildman–Crippen LogP) is 6.26. The number of aromatic nitrogens is 1. The molecule has 1 saturated carbocycles. The number of benzene rings is 1. The maximum atomic E-state index is 14.0. The van der Waals surface area contributed by atoms with Gasteiger partial charge in [-0.05, 0) is 61.9 Å². The summed E-state index contributed by atoms with van der Waals surface area (Å²) in [7, 11) is 0. The molecule has 5 nitrogen and oxygen atoms in total. The SMILES string of the molecule is CCc1cc2c(cc3n2C[C@](C)(C(=O)NC2CCCCC2)N(c2ccc(C(C)C)cc2)C3=O)s1. The molecule has 0 saturated heterocycles. The molecule has 3 heterocycles. The summed E-state index contributed by atoms with van der Waals surface area (Å²) in [5, 5.41) is 3.32. The molecule has 5 rings (SSSR count). The summed E-state index contributed by atoms with van der Waals surface area (Å²) in [6.45, 7) is 8.85. The molecule has 1 aromatic carbocycles. The van der Waals surface area contributed by atoms with E-state index in [0.29, 0.717) is 18.2 Å². The number of anilines is 1. The molecule has 0 radical (unpaired) electrons. The zero-order valence-electron chi connectivity index (χ0n) is 20.7. The first-order valence-electron chi connectivity index (χ1n) is 12.7. The third-order valence-electron chi connectivity index (χ3n) is 7.62. The van der Waals surface area contributed by atoms with Crippen LogP contribution in [0.5, 0.6) is 0 Å². The van der Waals surface area contributed by atoms with E-state index in [9.17, 15) is 9.59 Å². The maximum absolute atomic E-state index is 14.0. The number of nitrogens with zero attached hydrogens (tertiary/aromatic N) is 2. The number of aryl methyl sites for hydroxylation is 1. The van der Waals surface area contributed by atoms with Gasteiger partial charge in [0.25, 0.3) is 5.91 Å². The fraction of sp³-hybridized carbons (Fsp3) is 0.500. The molecule has 1 fully saturated rings. The van der Waals surface area contributed by atoms with E-state index in [2.05, 4.69) is 48.9 Å². The van der Waals surface area contributed by atoms with Crippen LogP contribution in [-0.2, 0) is 17.8 Å². The molecule has 1 atom stereocenters. The number of nitrogens with one attached hydrogen (secondary N) is 1. The van der Waals surface area contributed by atoms with Crippen molar-refractivity contribution >= 4 is 39.1 Å². The Balaban J connectivity index is 1.58. The normalized spacial score (nSPS) is 21.3. The van der Waals surface area contributed by atoms with Crippen LogP contribution in [0.15, 0.2) is 36.4 Å².